The van der Waals surface area contributed by atoms with Crippen molar-refractivity contribution in [2.45, 2.75) is 76.5 Å². The number of carbonyl (C=O) groups is 3. The number of rotatable bonds is 11. The lowest BCUT2D eigenvalue weighted by atomic mass is 10.00. The van der Waals surface area contributed by atoms with Crippen molar-refractivity contribution in [1.29, 1.82) is 0 Å². The van der Waals surface area contributed by atoms with E-state index < -0.39 is 38.3 Å². The zero-order valence-corrected chi connectivity index (χ0v) is 20.2. The first-order valence-corrected chi connectivity index (χ1v) is 13.5. The van der Waals surface area contributed by atoms with Crippen LogP contribution in [0.5, 0.6) is 0 Å². The Morgan fingerprint density at radius 3 is 2.52 bits per heavy atom. The molecule has 0 radical (unpaired) electrons. The molecule has 0 spiro atoms. The molecule has 182 valence electrons. The molecule has 0 bridgehead atoms. The van der Waals surface area contributed by atoms with E-state index in [1.54, 1.807) is 6.92 Å². The Morgan fingerprint density at radius 1 is 1.12 bits per heavy atom. The number of nitrogens with one attached hydrogen (secondary N) is 2. The first-order valence-electron chi connectivity index (χ1n) is 11.9. The maximum Gasteiger partial charge on any atom is 0.330 e. The summed E-state index contributed by atoms with van der Waals surface area (Å²) in [5, 5.41) is 6.05. The Hall–Kier alpha value is -2.02. The number of hydrogen-bond acceptors (Lipinski definition) is 7. The zero-order chi connectivity index (χ0) is 23.6. The molecule has 9 heteroatoms. The third kappa shape index (κ3) is 8.36. The van der Waals surface area contributed by atoms with Crippen molar-refractivity contribution in [3.63, 3.8) is 0 Å². The van der Waals surface area contributed by atoms with Gasteiger partial charge in [-0.25, -0.2) is 4.79 Å². The molecule has 1 saturated carbocycles. The van der Waals surface area contributed by atoms with Gasteiger partial charge >= 0.3 is 11.9 Å². The fourth-order valence-electron chi connectivity index (χ4n) is 4.43. The molecule has 1 saturated heterocycles. The van der Waals surface area contributed by atoms with Crippen molar-refractivity contribution in [3.05, 3.63) is 35.9 Å². The highest BCUT2D eigenvalue weighted by atomic mass is 31.1. The predicted molar refractivity (Wildman–Crippen MR) is 125 cm³/mol. The van der Waals surface area contributed by atoms with Gasteiger partial charge < -0.3 is 19.9 Å². The number of aryl methyl sites for hydroxylation is 1. The first-order chi connectivity index (χ1) is 15.9. The fraction of sp³-hybridized carbons (Fsp3) is 0.625. The Balaban J connectivity index is 1.52. The van der Waals surface area contributed by atoms with Crippen molar-refractivity contribution in [2.24, 2.45) is 5.92 Å². The summed E-state index contributed by atoms with van der Waals surface area (Å²) < 4.78 is 23.0. The van der Waals surface area contributed by atoms with Crippen LogP contribution in [-0.2, 0) is 34.6 Å². The van der Waals surface area contributed by atoms with E-state index in [1.165, 1.54) is 0 Å². The van der Waals surface area contributed by atoms with Crippen molar-refractivity contribution in [2.75, 3.05) is 12.7 Å². The highest BCUT2D eigenvalue weighted by molar-refractivity contribution is 7.40. The molecular weight excluding hydrogens is 443 g/mol. The summed E-state index contributed by atoms with van der Waals surface area (Å²) in [6, 6.07) is 9.11. The quantitative estimate of drug-likeness (QED) is 0.286. The minimum Gasteiger partial charge on any atom is -0.392 e. The number of benzene rings is 1. The maximum absolute atomic E-state index is 12.7. The molecule has 0 aromatic heterocycles. The van der Waals surface area contributed by atoms with Gasteiger partial charge in [-0.3, -0.25) is 14.2 Å². The van der Waals surface area contributed by atoms with Crippen LogP contribution in [-0.4, -0.2) is 48.7 Å². The third-order valence-electron chi connectivity index (χ3n) is 6.37. The van der Waals surface area contributed by atoms with Crippen LogP contribution in [0.1, 0.15) is 57.4 Å². The molecule has 1 aliphatic carbocycles. The molecule has 2 N–H and O–H groups in total. The van der Waals surface area contributed by atoms with Gasteiger partial charge in [0, 0.05) is 5.92 Å². The average molecular weight is 479 g/mol. The van der Waals surface area contributed by atoms with Gasteiger partial charge in [0.25, 0.3) is 0 Å². The van der Waals surface area contributed by atoms with E-state index in [0.29, 0.717) is 19.4 Å². The van der Waals surface area contributed by atoms with Crippen molar-refractivity contribution < 1.29 is 28.2 Å². The fourth-order valence-corrected chi connectivity index (χ4v) is 5.40. The minimum atomic E-state index is -2.78. The van der Waals surface area contributed by atoms with E-state index in [4.69, 9.17) is 9.26 Å². The van der Waals surface area contributed by atoms with Crippen LogP contribution in [0.3, 0.4) is 0 Å². The van der Waals surface area contributed by atoms with Gasteiger partial charge in [0.05, 0.1) is 12.1 Å². The largest absolute Gasteiger partial charge is 0.392 e. The summed E-state index contributed by atoms with van der Waals surface area (Å²) in [4.78, 5) is 36.7. The second kappa shape index (κ2) is 13.0. The van der Waals surface area contributed by atoms with E-state index in [9.17, 15) is 18.9 Å². The maximum atomic E-state index is 12.7. The average Bonchev–Trinajstić information content (AvgIpc) is 3.51. The molecule has 3 rings (SSSR count). The molecule has 33 heavy (non-hydrogen) atoms. The third-order valence-corrected chi connectivity index (χ3v) is 7.58. The second-order valence-electron chi connectivity index (χ2n) is 8.93. The van der Waals surface area contributed by atoms with Gasteiger partial charge in [-0.15, -0.1) is 0 Å². The minimum absolute atomic E-state index is 0.00903. The van der Waals surface area contributed by atoms with Gasteiger partial charge in [0.1, 0.15) is 12.2 Å². The monoisotopic (exact) mass is 478 g/mol. The molecule has 1 aliphatic heterocycles. The molecule has 3 unspecified atom stereocenters. The molecule has 4 atom stereocenters. The van der Waals surface area contributed by atoms with Gasteiger partial charge in [-0.05, 0) is 57.6 Å². The lowest BCUT2D eigenvalue weighted by Gasteiger charge is -2.26. The zero-order valence-electron chi connectivity index (χ0n) is 19.2. The summed E-state index contributed by atoms with van der Waals surface area (Å²) >= 11 is 0. The highest BCUT2D eigenvalue weighted by Gasteiger charge is 2.29. The lowest BCUT2D eigenvalue weighted by molar-refractivity contribution is -0.159. The Kier molecular flexibility index (Phi) is 10.1. The topological polar surface area (TPSA) is 111 Å². The molecule has 1 aromatic rings. The van der Waals surface area contributed by atoms with E-state index >= 15 is 0 Å². The first kappa shape index (κ1) is 25.6. The molecule has 1 amide bonds. The van der Waals surface area contributed by atoms with Gasteiger partial charge in [-0.1, -0.05) is 43.2 Å². The van der Waals surface area contributed by atoms with Crippen molar-refractivity contribution >= 4 is 25.9 Å². The van der Waals surface area contributed by atoms with Gasteiger partial charge in [0.2, 0.25) is 13.9 Å². The summed E-state index contributed by atoms with van der Waals surface area (Å²) in [7, 11) is -2.78. The standard InChI is InChI=1S/C24H35N2O6P/c1-17(32-33(30)16-22(27)31-24(29)21-12-7-15-25-21)20(14-13-18-8-3-2-4-9-18)26-23(28)19-10-5-6-11-19/h2-4,8-9,17,19-21,25,33H,5-7,10-16H2,1H3,(H,26,28)/t17?,20?,21-/m0/s1. The van der Waals surface area contributed by atoms with Crippen LogP contribution < -0.4 is 10.6 Å². The van der Waals surface area contributed by atoms with Gasteiger partial charge in [-0.2, -0.15) is 0 Å². The molecular formula is C24H35N2O6P. The Labute approximate surface area is 196 Å². The second-order valence-corrected chi connectivity index (χ2v) is 10.3. The summed E-state index contributed by atoms with van der Waals surface area (Å²) in [6.45, 7) is 2.47. The molecule has 1 heterocycles. The SMILES string of the molecule is CC(O[PH](=O)CC(=O)OC(=O)[C@@H]1CCCN1)C(CCc1ccccc1)NC(=O)C1CCCC1. The lowest BCUT2D eigenvalue weighted by Crippen LogP contribution is -2.45. The number of esters is 2. The smallest absolute Gasteiger partial charge is 0.330 e. The Bertz CT molecular complexity index is 822. The van der Waals surface area contributed by atoms with E-state index in [2.05, 4.69) is 10.6 Å². The van der Waals surface area contributed by atoms with Crippen LogP contribution in [0.2, 0.25) is 0 Å². The predicted octanol–water partition coefficient (Wildman–Crippen LogP) is 3.00. The summed E-state index contributed by atoms with van der Waals surface area (Å²) in [5.74, 6) is -1.46. The molecule has 2 aliphatic rings. The van der Waals surface area contributed by atoms with Crippen LogP contribution in [0.15, 0.2) is 30.3 Å². The number of amides is 1. The molecule has 2 fully saturated rings. The van der Waals surface area contributed by atoms with E-state index in [-0.39, 0.29) is 17.9 Å². The number of hydrogen-bond donors (Lipinski definition) is 2. The summed E-state index contributed by atoms with van der Waals surface area (Å²) in [5.41, 5.74) is 1.14. The summed E-state index contributed by atoms with van der Waals surface area (Å²) in [6.07, 6.45) is 5.71. The van der Waals surface area contributed by atoms with Crippen LogP contribution in [0, 0.1) is 5.92 Å². The normalized spacial score (nSPS) is 21.3. The Morgan fingerprint density at radius 2 is 1.85 bits per heavy atom. The van der Waals surface area contributed by atoms with Crippen molar-refractivity contribution in [3.8, 4) is 0 Å². The van der Waals surface area contributed by atoms with E-state index in [0.717, 1.165) is 44.1 Å². The van der Waals surface area contributed by atoms with Crippen LogP contribution in [0.4, 0.5) is 0 Å². The van der Waals surface area contributed by atoms with Crippen molar-refractivity contribution in [1.82, 2.24) is 10.6 Å². The number of ether oxygens (including phenoxy) is 1. The molecule has 8 nitrogen and oxygen atoms in total. The van der Waals surface area contributed by atoms with Gasteiger partial charge in [0.15, 0.2) is 0 Å². The number of carbonyl (C=O) groups excluding carboxylic acids is 3. The molecule has 1 aromatic carbocycles. The van der Waals surface area contributed by atoms with Crippen LogP contribution >= 0.6 is 8.03 Å². The highest BCUT2D eigenvalue weighted by Crippen LogP contribution is 2.28. The van der Waals surface area contributed by atoms with Crippen LogP contribution in [0.25, 0.3) is 0 Å². The van der Waals surface area contributed by atoms with E-state index in [1.807, 2.05) is 30.3 Å².